The number of hydrogen-bond donors (Lipinski definition) is 0. The quantitative estimate of drug-likeness (QED) is 0.497. The molecule has 7 heteroatoms. The lowest BCUT2D eigenvalue weighted by Gasteiger charge is -1.99. The fourth-order valence-corrected chi connectivity index (χ4v) is 2.09. The Morgan fingerprint density at radius 1 is 1.15 bits per heavy atom. The van der Waals surface area contributed by atoms with E-state index in [1.165, 1.54) is 24.3 Å². The Morgan fingerprint density at radius 2 is 1.88 bits per heavy atom. The fraction of sp³-hybridized carbons (Fsp3) is 0.105. The molecule has 0 fully saturated rings. The minimum absolute atomic E-state index is 0.119. The van der Waals surface area contributed by atoms with Crippen molar-refractivity contribution >= 4 is 12.0 Å². The fourth-order valence-electron chi connectivity index (χ4n) is 2.09. The van der Waals surface area contributed by atoms with Crippen LogP contribution < -0.4 is 4.74 Å². The molecule has 0 radical (unpaired) electrons. The molecule has 1 aromatic heterocycles. The van der Waals surface area contributed by atoms with Crippen molar-refractivity contribution in [3.8, 4) is 17.2 Å². The average Bonchev–Trinajstić information content (AvgIpc) is 3.15. The summed E-state index contributed by atoms with van der Waals surface area (Å²) in [5.74, 6) is 0.384. The molecule has 0 aliphatic carbocycles. The van der Waals surface area contributed by atoms with Gasteiger partial charge in [-0.2, -0.15) is 4.98 Å². The van der Waals surface area contributed by atoms with E-state index >= 15 is 0 Å². The highest BCUT2D eigenvalue weighted by Gasteiger charge is 2.10. The molecule has 0 bridgehead atoms. The molecule has 2 aromatic carbocycles. The number of hydrogen-bond acceptors (Lipinski definition) is 6. The van der Waals surface area contributed by atoms with Gasteiger partial charge in [-0.05, 0) is 48.0 Å². The van der Waals surface area contributed by atoms with E-state index in [1.807, 2.05) is 0 Å². The second-order valence-corrected chi connectivity index (χ2v) is 5.24. The molecule has 0 aliphatic heterocycles. The van der Waals surface area contributed by atoms with Crippen LogP contribution in [0.5, 0.6) is 5.75 Å². The summed E-state index contributed by atoms with van der Waals surface area (Å²) < 4.78 is 28.1. The predicted molar refractivity (Wildman–Crippen MR) is 91.5 cm³/mol. The van der Waals surface area contributed by atoms with E-state index in [0.717, 1.165) is 11.3 Å². The molecule has 6 nitrogen and oxygen atoms in total. The maximum atomic E-state index is 12.8. The number of nitrogens with zero attached hydrogens (tertiary/aromatic N) is 2. The molecule has 0 saturated heterocycles. The zero-order chi connectivity index (χ0) is 18.4. The largest absolute Gasteiger partial charge is 0.497 e. The van der Waals surface area contributed by atoms with Crippen LogP contribution in [0.3, 0.4) is 0 Å². The zero-order valence-electron chi connectivity index (χ0n) is 13.9. The third-order valence-electron chi connectivity index (χ3n) is 3.43. The number of carbonyl (C=O) groups is 1. The number of rotatable bonds is 6. The monoisotopic (exact) mass is 354 g/mol. The summed E-state index contributed by atoms with van der Waals surface area (Å²) in [5.41, 5.74) is 1.41. The van der Waals surface area contributed by atoms with E-state index in [0.29, 0.717) is 11.5 Å². The molecular formula is C19H15FN2O4. The SMILES string of the molecule is COc1ccc(-c2nc(COC(=O)/C=C/c3ccc(F)cc3)no2)cc1. The normalized spacial score (nSPS) is 10.8. The Kier molecular flexibility index (Phi) is 5.38. The summed E-state index contributed by atoms with van der Waals surface area (Å²) in [6.45, 7) is -0.119. The van der Waals surface area contributed by atoms with E-state index in [4.69, 9.17) is 14.0 Å². The molecule has 0 amide bonds. The number of halogens is 1. The summed E-state index contributed by atoms with van der Waals surface area (Å²) in [6.07, 6.45) is 2.78. The zero-order valence-corrected chi connectivity index (χ0v) is 13.9. The molecule has 3 aromatic rings. The van der Waals surface area contributed by atoms with E-state index in [1.54, 1.807) is 43.5 Å². The summed E-state index contributed by atoms with van der Waals surface area (Å²) in [6, 6.07) is 12.9. The van der Waals surface area contributed by atoms with Gasteiger partial charge in [0.05, 0.1) is 7.11 Å². The van der Waals surface area contributed by atoms with Crippen LogP contribution in [0.1, 0.15) is 11.4 Å². The lowest BCUT2D eigenvalue weighted by molar-refractivity contribution is -0.139. The summed E-state index contributed by atoms with van der Waals surface area (Å²) in [4.78, 5) is 15.9. The first-order chi connectivity index (χ1) is 12.6. The van der Waals surface area contributed by atoms with Gasteiger partial charge in [-0.3, -0.25) is 0 Å². The maximum Gasteiger partial charge on any atom is 0.331 e. The van der Waals surface area contributed by atoms with Crippen LogP contribution in [0.25, 0.3) is 17.5 Å². The van der Waals surface area contributed by atoms with Gasteiger partial charge in [0.2, 0.25) is 5.82 Å². The Labute approximate surface area is 148 Å². The smallest absolute Gasteiger partial charge is 0.331 e. The van der Waals surface area contributed by atoms with Gasteiger partial charge in [-0.25, -0.2) is 9.18 Å². The van der Waals surface area contributed by atoms with Crippen molar-refractivity contribution in [3.05, 3.63) is 71.8 Å². The van der Waals surface area contributed by atoms with Crippen LogP contribution in [0.2, 0.25) is 0 Å². The first-order valence-corrected chi connectivity index (χ1v) is 7.71. The summed E-state index contributed by atoms with van der Waals surface area (Å²) >= 11 is 0. The van der Waals surface area contributed by atoms with Crippen LogP contribution in [0.15, 0.2) is 59.1 Å². The number of methoxy groups -OCH3 is 1. The van der Waals surface area contributed by atoms with E-state index in [2.05, 4.69) is 10.1 Å². The molecule has 3 rings (SSSR count). The number of benzene rings is 2. The second kappa shape index (κ2) is 8.06. The Morgan fingerprint density at radius 3 is 2.58 bits per heavy atom. The Bertz CT molecular complexity index is 902. The van der Waals surface area contributed by atoms with Crippen molar-refractivity contribution < 1.29 is 23.2 Å². The van der Waals surface area contributed by atoms with Gasteiger partial charge in [0.1, 0.15) is 11.6 Å². The molecule has 0 saturated carbocycles. The topological polar surface area (TPSA) is 74.5 Å². The van der Waals surface area contributed by atoms with E-state index in [9.17, 15) is 9.18 Å². The van der Waals surface area contributed by atoms with Gasteiger partial charge in [0.15, 0.2) is 6.61 Å². The Balaban J connectivity index is 1.55. The van der Waals surface area contributed by atoms with E-state index in [-0.39, 0.29) is 18.2 Å². The van der Waals surface area contributed by atoms with Crippen molar-refractivity contribution in [2.45, 2.75) is 6.61 Å². The van der Waals surface area contributed by atoms with E-state index < -0.39 is 5.97 Å². The highest BCUT2D eigenvalue weighted by atomic mass is 19.1. The lowest BCUT2D eigenvalue weighted by atomic mass is 10.2. The molecule has 132 valence electrons. The van der Waals surface area contributed by atoms with Gasteiger partial charge in [0.25, 0.3) is 5.89 Å². The number of esters is 1. The van der Waals surface area contributed by atoms with Gasteiger partial charge < -0.3 is 14.0 Å². The number of carbonyl (C=O) groups excluding carboxylic acids is 1. The predicted octanol–water partition coefficient (Wildman–Crippen LogP) is 3.64. The van der Waals surface area contributed by atoms with Crippen molar-refractivity contribution in [1.82, 2.24) is 10.1 Å². The third-order valence-corrected chi connectivity index (χ3v) is 3.43. The highest BCUT2D eigenvalue weighted by molar-refractivity contribution is 5.86. The van der Waals surface area contributed by atoms with Crippen molar-refractivity contribution in [2.75, 3.05) is 7.11 Å². The van der Waals surface area contributed by atoms with Gasteiger partial charge in [-0.1, -0.05) is 17.3 Å². The van der Waals surface area contributed by atoms with Crippen LogP contribution in [-0.4, -0.2) is 23.2 Å². The van der Waals surface area contributed by atoms with Crippen LogP contribution in [-0.2, 0) is 16.1 Å². The standard InChI is InChI=1S/C19H15FN2O4/c1-24-16-9-5-14(6-10-16)19-21-17(22-26-19)12-25-18(23)11-4-13-2-7-15(20)8-3-13/h2-11H,12H2,1H3/b11-4+. The molecule has 0 N–H and O–H groups in total. The summed E-state index contributed by atoms with van der Waals surface area (Å²) in [7, 11) is 1.58. The lowest BCUT2D eigenvalue weighted by Crippen LogP contribution is -2.02. The van der Waals surface area contributed by atoms with Crippen molar-refractivity contribution in [3.63, 3.8) is 0 Å². The molecule has 0 atom stereocenters. The van der Waals surface area contributed by atoms with Crippen LogP contribution >= 0.6 is 0 Å². The molecule has 0 aliphatic rings. The molecule has 0 spiro atoms. The Hall–Kier alpha value is -3.48. The number of ether oxygens (including phenoxy) is 2. The highest BCUT2D eigenvalue weighted by Crippen LogP contribution is 2.20. The minimum atomic E-state index is -0.565. The molecule has 1 heterocycles. The van der Waals surface area contributed by atoms with Gasteiger partial charge >= 0.3 is 5.97 Å². The molecular weight excluding hydrogens is 339 g/mol. The van der Waals surface area contributed by atoms with Gasteiger partial charge in [-0.15, -0.1) is 0 Å². The maximum absolute atomic E-state index is 12.8. The first-order valence-electron chi connectivity index (χ1n) is 7.71. The second-order valence-electron chi connectivity index (χ2n) is 5.24. The van der Waals surface area contributed by atoms with Gasteiger partial charge in [0, 0.05) is 11.6 Å². The van der Waals surface area contributed by atoms with Crippen LogP contribution in [0, 0.1) is 5.82 Å². The average molecular weight is 354 g/mol. The van der Waals surface area contributed by atoms with Crippen molar-refractivity contribution in [2.24, 2.45) is 0 Å². The minimum Gasteiger partial charge on any atom is -0.497 e. The molecule has 0 unspecified atom stereocenters. The first kappa shape index (κ1) is 17.3. The van der Waals surface area contributed by atoms with Crippen molar-refractivity contribution in [1.29, 1.82) is 0 Å². The molecule has 26 heavy (non-hydrogen) atoms. The number of aromatic nitrogens is 2. The van der Waals surface area contributed by atoms with Crippen LogP contribution in [0.4, 0.5) is 4.39 Å². The summed E-state index contributed by atoms with van der Waals surface area (Å²) in [5, 5.41) is 3.77. The third kappa shape index (κ3) is 4.54.